The monoisotopic (exact) mass is 347 g/mol. The number of methoxy groups -OCH3 is 2. The van der Waals surface area contributed by atoms with E-state index in [4.69, 9.17) is 9.47 Å². The van der Waals surface area contributed by atoms with Gasteiger partial charge in [-0.2, -0.15) is 5.10 Å². The van der Waals surface area contributed by atoms with Crippen molar-refractivity contribution in [3.05, 3.63) is 29.3 Å². The van der Waals surface area contributed by atoms with E-state index in [0.29, 0.717) is 31.0 Å². The van der Waals surface area contributed by atoms with Crippen LogP contribution in [-0.2, 0) is 19.1 Å². The molecule has 0 aromatic heterocycles. The molecule has 0 unspecified atom stereocenters. The second-order valence-electron chi connectivity index (χ2n) is 6.12. The predicted molar refractivity (Wildman–Crippen MR) is 95.8 cm³/mol. The maximum absolute atomic E-state index is 12.5. The van der Waals surface area contributed by atoms with Gasteiger partial charge in [-0.1, -0.05) is 12.1 Å². The van der Waals surface area contributed by atoms with Gasteiger partial charge in [0.1, 0.15) is 5.71 Å². The highest BCUT2D eigenvalue weighted by atomic mass is 16.5. The molecule has 136 valence electrons. The van der Waals surface area contributed by atoms with Crippen molar-refractivity contribution in [1.82, 2.24) is 5.32 Å². The molecule has 1 aromatic carbocycles. The molecular formula is C18H25N3O4. The van der Waals surface area contributed by atoms with E-state index in [2.05, 4.69) is 10.4 Å². The first-order valence-corrected chi connectivity index (χ1v) is 8.22. The molecule has 1 aromatic rings. The molecule has 0 fully saturated rings. The average molecular weight is 347 g/mol. The minimum absolute atomic E-state index is 0.115. The Morgan fingerprint density at radius 2 is 1.92 bits per heavy atom. The fourth-order valence-electron chi connectivity index (χ4n) is 2.66. The minimum Gasteiger partial charge on any atom is -0.382 e. The fourth-order valence-corrected chi connectivity index (χ4v) is 2.66. The van der Waals surface area contributed by atoms with Crippen molar-refractivity contribution in [2.75, 3.05) is 32.4 Å². The number of rotatable bonds is 7. The SMILES string of the molecule is COCC(COC)NC(=O)C1=NN(c2cc(C)ccc2C)C(=O)CC1. The van der Waals surface area contributed by atoms with Gasteiger partial charge in [-0.3, -0.25) is 9.59 Å². The first-order valence-electron chi connectivity index (χ1n) is 8.22. The zero-order chi connectivity index (χ0) is 18.4. The van der Waals surface area contributed by atoms with E-state index in [1.807, 2.05) is 32.0 Å². The van der Waals surface area contributed by atoms with Crippen molar-refractivity contribution in [2.24, 2.45) is 5.10 Å². The molecule has 1 aliphatic heterocycles. The third-order valence-corrected chi connectivity index (χ3v) is 3.96. The molecule has 1 N–H and O–H groups in total. The number of carbonyl (C=O) groups is 2. The van der Waals surface area contributed by atoms with Crippen LogP contribution in [0, 0.1) is 13.8 Å². The summed E-state index contributed by atoms with van der Waals surface area (Å²) in [6, 6.07) is 5.55. The summed E-state index contributed by atoms with van der Waals surface area (Å²) in [6.45, 7) is 4.55. The van der Waals surface area contributed by atoms with Gasteiger partial charge in [-0.25, -0.2) is 5.01 Å². The maximum atomic E-state index is 12.5. The normalized spacial score (nSPS) is 14.7. The summed E-state index contributed by atoms with van der Waals surface area (Å²) in [7, 11) is 3.13. The van der Waals surface area contributed by atoms with Crippen LogP contribution in [0.2, 0.25) is 0 Å². The Bertz CT molecular complexity index is 666. The molecule has 0 radical (unpaired) electrons. The number of nitrogens with one attached hydrogen (secondary N) is 1. The molecule has 0 bridgehead atoms. The Morgan fingerprint density at radius 3 is 2.56 bits per heavy atom. The number of anilines is 1. The predicted octanol–water partition coefficient (Wildman–Crippen LogP) is 1.56. The lowest BCUT2D eigenvalue weighted by Crippen LogP contribution is -2.46. The van der Waals surface area contributed by atoms with E-state index in [1.165, 1.54) is 5.01 Å². The van der Waals surface area contributed by atoms with E-state index >= 15 is 0 Å². The summed E-state index contributed by atoms with van der Waals surface area (Å²) in [4.78, 5) is 24.8. The summed E-state index contributed by atoms with van der Waals surface area (Å²) in [6.07, 6.45) is 0.567. The molecule has 0 aliphatic carbocycles. The summed E-state index contributed by atoms with van der Waals surface area (Å²) >= 11 is 0. The number of amides is 2. The average Bonchev–Trinajstić information content (AvgIpc) is 2.58. The lowest BCUT2D eigenvalue weighted by molar-refractivity contribution is -0.119. The van der Waals surface area contributed by atoms with Crippen LogP contribution in [0.3, 0.4) is 0 Å². The third kappa shape index (κ3) is 4.87. The van der Waals surface area contributed by atoms with Gasteiger partial charge in [0.25, 0.3) is 5.91 Å². The van der Waals surface area contributed by atoms with Crippen molar-refractivity contribution in [3.63, 3.8) is 0 Å². The molecule has 0 saturated carbocycles. The Kier molecular flexibility index (Phi) is 6.66. The number of nitrogens with zero attached hydrogens (tertiary/aromatic N) is 2. The van der Waals surface area contributed by atoms with Crippen molar-refractivity contribution in [2.45, 2.75) is 32.7 Å². The van der Waals surface area contributed by atoms with Crippen LogP contribution in [0.25, 0.3) is 0 Å². The van der Waals surface area contributed by atoms with Crippen molar-refractivity contribution < 1.29 is 19.1 Å². The van der Waals surface area contributed by atoms with Crippen molar-refractivity contribution >= 4 is 23.2 Å². The second kappa shape index (κ2) is 8.73. The number of hydrogen-bond acceptors (Lipinski definition) is 5. The van der Waals surface area contributed by atoms with Crippen LogP contribution in [0.1, 0.15) is 24.0 Å². The van der Waals surface area contributed by atoms with Gasteiger partial charge in [0.05, 0.1) is 24.9 Å². The van der Waals surface area contributed by atoms with Gasteiger partial charge in [-0.05, 0) is 31.0 Å². The number of aryl methyl sites for hydroxylation is 2. The summed E-state index contributed by atoms with van der Waals surface area (Å²) in [5.41, 5.74) is 3.00. The van der Waals surface area contributed by atoms with E-state index in [9.17, 15) is 9.59 Å². The first kappa shape index (κ1) is 19.1. The molecule has 2 amide bonds. The van der Waals surface area contributed by atoms with Crippen molar-refractivity contribution in [1.29, 1.82) is 0 Å². The van der Waals surface area contributed by atoms with Gasteiger partial charge in [-0.15, -0.1) is 0 Å². The number of hydrogen-bond donors (Lipinski definition) is 1. The van der Waals surface area contributed by atoms with E-state index in [0.717, 1.165) is 11.1 Å². The van der Waals surface area contributed by atoms with E-state index < -0.39 is 0 Å². The summed E-state index contributed by atoms with van der Waals surface area (Å²) in [5.74, 6) is -0.419. The van der Waals surface area contributed by atoms with E-state index in [-0.39, 0.29) is 24.3 Å². The highest BCUT2D eigenvalue weighted by molar-refractivity contribution is 6.40. The number of carbonyl (C=O) groups excluding carboxylic acids is 2. The lowest BCUT2D eigenvalue weighted by Gasteiger charge is -2.25. The minimum atomic E-state index is -0.304. The van der Waals surface area contributed by atoms with Crippen LogP contribution < -0.4 is 10.3 Å². The Hall–Kier alpha value is -2.25. The largest absolute Gasteiger partial charge is 0.382 e. The van der Waals surface area contributed by atoms with Crippen LogP contribution in [-0.4, -0.2) is 51.0 Å². The molecule has 25 heavy (non-hydrogen) atoms. The standard InChI is InChI=1S/C18H25N3O4/c1-12-5-6-13(2)16(9-12)21-17(22)8-7-15(20-21)18(23)19-14(10-24-3)11-25-4/h5-6,9,14H,7-8,10-11H2,1-4H3,(H,19,23). The summed E-state index contributed by atoms with van der Waals surface area (Å²) < 4.78 is 10.2. The Balaban J connectivity index is 2.22. The smallest absolute Gasteiger partial charge is 0.267 e. The highest BCUT2D eigenvalue weighted by Gasteiger charge is 2.27. The lowest BCUT2D eigenvalue weighted by atomic mass is 10.1. The molecule has 1 heterocycles. The summed E-state index contributed by atoms with van der Waals surface area (Å²) in [5, 5.41) is 8.49. The maximum Gasteiger partial charge on any atom is 0.267 e. The van der Waals surface area contributed by atoms with Crippen LogP contribution in [0.5, 0.6) is 0 Å². The Labute approximate surface area is 148 Å². The second-order valence-corrected chi connectivity index (χ2v) is 6.12. The zero-order valence-electron chi connectivity index (χ0n) is 15.2. The van der Waals surface area contributed by atoms with Crippen LogP contribution in [0.15, 0.2) is 23.3 Å². The first-order chi connectivity index (χ1) is 12.0. The van der Waals surface area contributed by atoms with Gasteiger partial charge in [0, 0.05) is 27.1 Å². The fraction of sp³-hybridized carbons (Fsp3) is 0.500. The molecule has 1 aliphatic rings. The van der Waals surface area contributed by atoms with Gasteiger partial charge in [0.15, 0.2) is 0 Å². The van der Waals surface area contributed by atoms with Crippen molar-refractivity contribution in [3.8, 4) is 0 Å². The Morgan fingerprint density at radius 1 is 1.24 bits per heavy atom. The topological polar surface area (TPSA) is 80.2 Å². The molecular weight excluding hydrogens is 322 g/mol. The van der Waals surface area contributed by atoms with Gasteiger partial charge < -0.3 is 14.8 Å². The van der Waals surface area contributed by atoms with Crippen LogP contribution in [0.4, 0.5) is 5.69 Å². The third-order valence-electron chi connectivity index (χ3n) is 3.96. The van der Waals surface area contributed by atoms with Gasteiger partial charge in [0.2, 0.25) is 5.91 Å². The molecule has 0 spiro atoms. The molecule has 7 heteroatoms. The quantitative estimate of drug-likeness (QED) is 0.812. The molecule has 0 saturated heterocycles. The molecule has 0 atom stereocenters. The molecule has 2 rings (SSSR count). The van der Waals surface area contributed by atoms with Crippen LogP contribution >= 0.6 is 0 Å². The highest BCUT2D eigenvalue weighted by Crippen LogP contribution is 2.25. The van der Waals surface area contributed by atoms with E-state index in [1.54, 1.807) is 14.2 Å². The van der Waals surface area contributed by atoms with Gasteiger partial charge >= 0.3 is 0 Å². The number of hydrazone groups is 1. The number of ether oxygens (including phenoxy) is 2. The zero-order valence-corrected chi connectivity index (χ0v) is 15.2. The molecule has 7 nitrogen and oxygen atoms in total. The number of benzene rings is 1.